The van der Waals surface area contributed by atoms with Crippen LogP contribution in [0.2, 0.25) is 0 Å². The molecule has 0 radical (unpaired) electrons. The van der Waals surface area contributed by atoms with Crippen LogP contribution in [0.5, 0.6) is 0 Å². The number of primary amides is 1. The molecule has 0 saturated heterocycles. The van der Waals surface area contributed by atoms with Crippen LogP contribution < -0.4 is 5.73 Å². The van der Waals surface area contributed by atoms with Crippen molar-refractivity contribution in [2.24, 2.45) is 5.73 Å². The molecule has 1 amide bonds. The lowest BCUT2D eigenvalue weighted by Gasteiger charge is -2.02. The summed E-state index contributed by atoms with van der Waals surface area (Å²) >= 11 is 0. The zero-order chi connectivity index (χ0) is 14.2. The predicted octanol–water partition coefficient (Wildman–Crippen LogP) is 1.87. The normalized spacial score (nSPS) is 11.7. The minimum absolute atomic E-state index is 0.145. The van der Waals surface area contributed by atoms with Gasteiger partial charge in [0.2, 0.25) is 5.91 Å². The van der Waals surface area contributed by atoms with Crippen molar-refractivity contribution in [3.8, 4) is 0 Å². The summed E-state index contributed by atoms with van der Waals surface area (Å²) in [5, 5.41) is 0.145. The number of aromatic nitrogens is 1. The van der Waals surface area contributed by atoms with Crippen molar-refractivity contribution < 1.29 is 22.8 Å². The first-order chi connectivity index (χ1) is 8.80. The van der Waals surface area contributed by atoms with Gasteiger partial charge in [0.1, 0.15) is 6.54 Å². The second-order valence-electron chi connectivity index (χ2n) is 3.98. The topological polar surface area (TPSA) is 65.1 Å². The largest absolute Gasteiger partial charge is 0.454 e. The lowest BCUT2D eigenvalue weighted by atomic mass is 10.1. The Labute approximate surface area is 105 Å². The van der Waals surface area contributed by atoms with E-state index in [-0.39, 0.29) is 11.9 Å². The molecule has 0 spiro atoms. The van der Waals surface area contributed by atoms with Crippen LogP contribution in [0, 0.1) is 0 Å². The highest BCUT2D eigenvalue weighted by molar-refractivity contribution is 6.10. The lowest BCUT2D eigenvalue weighted by Crippen LogP contribution is -2.22. The molecule has 2 rings (SSSR count). The fraction of sp³-hybridized carbons (Fsp3) is 0.167. The third kappa shape index (κ3) is 2.44. The number of carbonyl (C=O) groups excluding carboxylic acids is 2. The standard InChI is InChI=1S/C12H9F3N2O2/c13-12(14,15)11(19)8-5-17(6-10(16)18)9-4-2-1-3-7(8)9/h1-5H,6H2,(H2,16,18). The number of hydrogen-bond donors (Lipinski definition) is 1. The summed E-state index contributed by atoms with van der Waals surface area (Å²) in [6.07, 6.45) is -3.95. The summed E-state index contributed by atoms with van der Waals surface area (Å²) < 4.78 is 38.7. The third-order valence-electron chi connectivity index (χ3n) is 2.62. The van der Waals surface area contributed by atoms with Gasteiger partial charge in [0, 0.05) is 17.1 Å². The molecular formula is C12H9F3N2O2. The maximum absolute atomic E-state index is 12.5. The number of rotatable bonds is 3. The van der Waals surface area contributed by atoms with E-state index in [1.54, 1.807) is 6.07 Å². The van der Waals surface area contributed by atoms with Crippen LogP contribution in [0.3, 0.4) is 0 Å². The Kier molecular flexibility index (Phi) is 3.05. The number of nitrogens with zero attached hydrogens (tertiary/aromatic N) is 1. The lowest BCUT2D eigenvalue weighted by molar-refractivity contribution is -0.118. The fourth-order valence-corrected chi connectivity index (χ4v) is 1.88. The molecule has 2 N–H and O–H groups in total. The molecule has 7 heteroatoms. The number of amides is 1. The quantitative estimate of drug-likeness (QED) is 0.865. The van der Waals surface area contributed by atoms with Crippen LogP contribution in [0.4, 0.5) is 13.2 Å². The molecule has 1 heterocycles. The minimum Gasteiger partial charge on any atom is -0.368 e. The number of halogens is 3. The number of carbonyl (C=O) groups is 2. The van der Waals surface area contributed by atoms with Gasteiger partial charge in [-0.25, -0.2) is 0 Å². The van der Waals surface area contributed by atoms with E-state index in [2.05, 4.69) is 0 Å². The molecular weight excluding hydrogens is 261 g/mol. The van der Waals surface area contributed by atoms with E-state index < -0.39 is 23.4 Å². The van der Waals surface area contributed by atoms with E-state index in [9.17, 15) is 22.8 Å². The van der Waals surface area contributed by atoms with Gasteiger partial charge in [-0.2, -0.15) is 13.2 Å². The first-order valence-electron chi connectivity index (χ1n) is 5.28. The maximum atomic E-state index is 12.5. The maximum Gasteiger partial charge on any atom is 0.454 e. The summed E-state index contributed by atoms with van der Waals surface area (Å²) in [5.74, 6) is -2.64. The van der Waals surface area contributed by atoms with Gasteiger partial charge in [-0.3, -0.25) is 9.59 Å². The van der Waals surface area contributed by atoms with Gasteiger partial charge in [0.15, 0.2) is 0 Å². The van der Waals surface area contributed by atoms with Gasteiger partial charge >= 0.3 is 6.18 Å². The van der Waals surface area contributed by atoms with E-state index in [1.165, 1.54) is 22.8 Å². The van der Waals surface area contributed by atoms with Crippen molar-refractivity contribution in [3.05, 3.63) is 36.0 Å². The summed E-state index contributed by atoms with van der Waals surface area (Å²) in [6, 6.07) is 6.03. The van der Waals surface area contributed by atoms with Crippen molar-refractivity contribution in [1.82, 2.24) is 4.57 Å². The first-order valence-corrected chi connectivity index (χ1v) is 5.28. The zero-order valence-electron chi connectivity index (χ0n) is 9.57. The van der Waals surface area contributed by atoms with E-state index in [0.717, 1.165) is 6.20 Å². The van der Waals surface area contributed by atoms with Crippen molar-refractivity contribution in [3.63, 3.8) is 0 Å². The predicted molar refractivity (Wildman–Crippen MR) is 61.5 cm³/mol. The number of nitrogens with two attached hydrogens (primary N) is 1. The average molecular weight is 270 g/mol. The van der Waals surface area contributed by atoms with E-state index in [0.29, 0.717) is 5.52 Å². The average Bonchev–Trinajstić information content (AvgIpc) is 2.65. The molecule has 1 aromatic heterocycles. The number of benzene rings is 1. The highest BCUT2D eigenvalue weighted by atomic mass is 19.4. The van der Waals surface area contributed by atoms with Crippen LogP contribution in [-0.2, 0) is 11.3 Å². The number of alkyl halides is 3. The Bertz CT molecular complexity index is 659. The first kappa shape index (κ1) is 13.1. The Morgan fingerprint density at radius 2 is 1.84 bits per heavy atom. The highest BCUT2D eigenvalue weighted by Crippen LogP contribution is 2.28. The van der Waals surface area contributed by atoms with Gasteiger partial charge < -0.3 is 10.3 Å². The number of para-hydroxylation sites is 1. The second-order valence-corrected chi connectivity index (χ2v) is 3.98. The molecule has 19 heavy (non-hydrogen) atoms. The van der Waals surface area contributed by atoms with E-state index in [1.807, 2.05) is 0 Å². The Hall–Kier alpha value is -2.31. The van der Waals surface area contributed by atoms with Gasteiger partial charge in [-0.05, 0) is 6.07 Å². The fourth-order valence-electron chi connectivity index (χ4n) is 1.88. The summed E-state index contributed by atoms with van der Waals surface area (Å²) in [6.45, 7) is -0.286. The van der Waals surface area contributed by atoms with E-state index in [4.69, 9.17) is 5.73 Å². The molecule has 0 aliphatic carbocycles. The van der Waals surface area contributed by atoms with Gasteiger partial charge in [0.25, 0.3) is 5.78 Å². The third-order valence-corrected chi connectivity index (χ3v) is 2.62. The molecule has 4 nitrogen and oxygen atoms in total. The Balaban J connectivity index is 2.63. The second kappa shape index (κ2) is 4.42. The minimum atomic E-state index is -4.96. The van der Waals surface area contributed by atoms with Crippen LogP contribution in [0.15, 0.2) is 30.5 Å². The monoisotopic (exact) mass is 270 g/mol. The Morgan fingerprint density at radius 1 is 1.21 bits per heavy atom. The summed E-state index contributed by atoms with van der Waals surface area (Å²) in [7, 11) is 0. The van der Waals surface area contributed by atoms with Crippen LogP contribution in [0.1, 0.15) is 10.4 Å². The molecule has 0 bridgehead atoms. The molecule has 0 unspecified atom stereocenters. The van der Waals surface area contributed by atoms with Gasteiger partial charge in [0.05, 0.1) is 5.56 Å². The molecule has 1 aromatic carbocycles. The van der Waals surface area contributed by atoms with Crippen LogP contribution in [0.25, 0.3) is 10.9 Å². The molecule has 100 valence electrons. The Morgan fingerprint density at radius 3 is 2.42 bits per heavy atom. The van der Waals surface area contributed by atoms with Crippen molar-refractivity contribution in [2.45, 2.75) is 12.7 Å². The molecule has 0 saturated carbocycles. The number of fused-ring (bicyclic) bond motifs is 1. The number of Topliss-reactive ketones (excluding diaryl/α,β-unsaturated/α-hetero) is 1. The zero-order valence-corrected chi connectivity index (χ0v) is 9.57. The van der Waals surface area contributed by atoms with Crippen molar-refractivity contribution >= 4 is 22.6 Å². The smallest absolute Gasteiger partial charge is 0.368 e. The molecule has 0 atom stereocenters. The molecule has 0 aliphatic heterocycles. The molecule has 2 aromatic rings. The summed E-state index contributed by atoms with van der Waals surface area (Å²) in [5.41, 5.74) is 4.89. The number of hydrogen-bond acceptors (Lipinski definition) is 2. The molecule has 0 aliphatic rings. The highest BCUT2D eigenvalue weighted by Gasteiger charge is 2.40. The van der Waals surface area contributed by atoms with Crippen molar-refractivity contribution in [1.29, 1.82) is 0 Å². The van der Waals surface area contributed by atoms with Crippen molar-refractivity contribution in [2.75, 3.05) is 0 Å². The number of ketones is 1. The van der Waals surface area contributed by atoms with Crippen LogP contribution in [-0.4, -0.2) is 22.4 Å². The van der Waals surface area contributed by atoms with Gasteiger partial charge in [-0.1, -0.05) is 18.2 Å². The molecule has 0 fully saturated rings. The SMILES string of the molecule is NC(=O)Cn1cc(C(=O)C(F)(F)F)c2ccccc21. The van der Waals surface area contributed by atoms with Gasteiger partial charge in [-0.15, -0.1) is 0 Å². The van der Waals surface area contributed by atoms with Crippen LogP contribution >= 0.6 is 0 Å². The van der Waals surface area contributed by atoms with E-state index >= 15 is 0 Å². The summed E-state index contributed by atoms with van der Waals surface area (Å²) in [4.78, 5) is 22.2.